The molecule has 1 saturated heterocycles. The Bertz CT molecular complexity index is 979. The molecule has 0 unspecified atom stereocenters. The molecule has 0 saturated carbocycles. The number of benzene rings is 2. The van der Waals surface area contributed by atoms with Crippen LogP contribution in [0.2, 0.25) is 0 Å². The third-order valence-electron chi connectivity index (χ3n) is 4.64. The summed E-state index contributed by atoms with van der Waals surface area (Å²) in [5.74, 6) is 0.349. The van der Waals surface area contributed by atoms with Crippen LogP contribution in [0.25, 0.3) is 6.08 Å². The Hall–Kier alpha value is -2.60. The Morgan fingerprint density at radius 2 is 2.03 bits per heavy atom. The van der Waals surface area contributed by atoms with Gasteiger partial charge in [-0.05, 0) is 65.3 Å². The number of ether oxygens (including phenoxy) is 2. The first-order valence-electron chi connectivity index (χ1n) is 9.18. The van der Waals surface area contributed by atoms with Crippen LogP contribution in [0.4, 0.5) is 4.39 Å². The number of halogens is 2. The number of likely N-dealkylation sites (tertiary alicyclic amines) is 1. The second kappa shape index (κ2) is 9.74. The molecule has 2 aromatic carbocycles. The Morgan fingerprint density at radius 3 is 2.69 bits per heavy atom. The molecule has 1 aliphatic rings. The van der Waals surface area contributed by atoms with Crippen molar-refractivity contribution in [3.63, 3.8) is 0 Å². The van der Waals surface area contributed by atoms with E-state index in [4.69, 9.17) is 9.47 Å². The fourth-order valence-corrected chi connectivity index (χ4v) is 3.91. The van der Waals surface area contributed by atoms with Crippen LogP contribution in [-0.4, -0.2) is 31.0 Å². The number of hydrogen-bond acceptors (Lipinski definition) is 4. The maximum atomic E-state index is 13.8. The Labute approximate surface area is 182 Å². The van der Waals surface area contributed by atoms with E-state index in [1.54, 1.807) is 41.3 Å². The monoisotopic (exact) mass is 506 g/mol. The van der Waals surface area contributed by atoms with E-state index in [2.05, 4.69) is 22.6 Å². The molecular weight excluding hydrogens is 486 g/mol. The average Bonchev–Trinajstić information content (AvgIpc) is 3.26. The molecule has 3 rings (SSSR count). The van der Waals surface area contributed by atoms with Crippen LogP contribution in [0.15, 0.2) is 42.0 Å². The quantitative estimate of drug-likeness (QED) is 0.328. The van der Waals surface area contributed by atoms with Gasteiger partial charge in [0.2, 0.25) is 0 Å². The van der Waals surface area contributed by atoms with Crippen molar-refractivity contribution >= 4 is 34.6 Å². The summed E-state index contributed by atoms with van der Waals surface area (Å²) < 4.78 is 25.8. The number of rotatable bonds is 6. The van der Waals surface area contributed by atoms with Crippen molar-refractivity contribution in [2.75, 3.05) is 20.2 Å². The maximum Gasteiger partial charge on any atom is 0.264 e. The molecule has 150 valence electrons. The van der Waals surface area contributed by atoms with Gasteiger partial charge in [0.15, 0.2) is 11.5 Å². The molecule has 0 N–H and O–H groups in total. The summed E-state index contributed by atoms with van der Waals surface area (Å²) in [4.78, 5) is 14.2. The first-order chi connectivity index (χ1) is 14.0. The van der Waals surface area contributed by atoms with E-state index in [1.807, 2.05) is 6.07 Å². The molecule has 29 heavy (non-hydrogen) atoms. The van der Waals surface area contributed by atoms with Gasteiger partial charge in [0.25, 0.3) is 5.91 Å². The van der Waals surface area contributed by atoms with E-state index in [9.17, 15) is 14.4 Å². The summed E-state index contributed by atoms with van der Waals surface area (Å²) in [6, 6.07) is 11.9. The molecular formula is C22H20FIN2O3. The van der Waals surface area contributed by atoms with Gasteiger partial charge in [-0.2, -0.15) is 5.26 Å². The second-order valence-electron chi connectivity index (χ2n) is 6.58. The molecule has 7 heteroatoms. The van der Waals surface area contributed by atoms with Crippen molar-refractivity contribution in [2.24, 2.45) is 0 Å². The first kappa shape index (κ1) is 21.1. The Balaban J connectivity index is 1.84. The van der Waals surface area contributed by atoms with E-state index in [-0.39, 0.29) is 23.9 Å². The highest BCUT2D eigenvalue weighted by Crippen LogP contribution is 2.35. The lowest BCUT2D eigenvalue weighted by atomic mass is 10.1. The molecule has 1 heterocycles. The van der Waals surface area contributed by atoms with Gasteiger partial charge in [0.1, 0.15) is 24.1 Å². The van der Waals surface area contributed by atoms with Crippen molar-refractivity contribution < 1.29 is 18.7 Å². The van der Waals surface area contributed by atoms with Crippen molar-refractivity contribution in [2.45, 2.75) is 19.4 Å². The van der Waals surface area contributed by atoms with Gasteiger partial charge in [-0.15, -0.1) is 0 Å². The fourth-order valence-electron chi connectivity index (χ4n) is 3.13. The second-order valence-corrected chi connectivity index (χ2v) is 7.75. The zero-order valence-corrected chi connectivity index (χ0v) is 18.1. The topological polar surface area (TPSA) is 62.6 Å². The largest absolute Gasteiger partial charge is 0.493 e. The van der Waals surface area contributed by atoms with Gasteiger partial charge >= 0.3 is 0 Å². The SMILES string of the molecule is COc1cc(/C=C(\C#N)C(=O)N2CCCC2)cc(I)c1OCc1ccccc1F. The highest BCUT2D eigenvalue weighted by atomic mass is 127. The van der Waals surface area contributed by atoms with E-state index < -0.39 is 0 Å². The number of nitriles is 1. The highest BCUT2D eigenvalue weighted by molar-refractivity contribution is 14.1. The summed E-state index contributed by atoms with van der Waals surface area (Å²) in [6.45, 7) is 1.42. The molecule has 0 aromatic heterocycles. The lowest BCUT2D eigenvalue weighted by molar-refractivity contribution is -0.125. The number of nitrogens with zero attached hydrogens (tertiary/aromatic N) is 2. The molecule has 2 aromatic rings. The van der Waals surface area contributed by atoms with Gasteiger partial charge in [-0.25, -0.2) is 4.39 Å². The van der Waals surface area contributed by atoms with Gasteiger partial charge in [-0.3, -0.25) is 4.79 Å². The third kappa shape index (κ3) is 5.07. The lowest BCUT2D eigenvalue weighted by Crippen LogP contribution is -2.28. The Kier molecular flexibility index (Phi) is 7.09. The van der Waals surface area contributed by atoms with E-state index in [0.29, 0.717) is 35.7 Å². The Morgan fingerprint density at radius 1 is 1.31 bits per heavy atom. The van der Waals surface area contributed by atoms with Gasteiger partial charge in [0, 0.05) is 18.7 Å². The predicted octanol–water partition coefficient (Wildman–Crippen LogP) is 4.55. The lowest BCUT2D eigenvalue weighted by Gasteiger charge is -2.15. The number of carbonyl (C=O) groups excluding carboxylic acids is 1. The van der Waals surface area contributed by atoms with Crippen molar-refractivity contribution in [3.8, 4) is 17.6 Å². The van der Waals surface area contributed by atoms with Crippen LogP contribution in [0.5, 0.6) is 11.5 Å². The number of amides is 1. The van der Waals surface area contributed by atoms with Crippen molar-refractivity contribution in [3.05, 3.63) is 62.5 Å². The first-order valence-corrected chi connectivity index (χ1v) is 10.3. The summed E-state index contributed by atoms with van der Waals surface area (Å²) in [6.07, 6.45) is 3.49. The normalized spacial score (nSPS) is 13.9. The summed E-state index contributed by atoms with van der Waals surface area (Å²) >= 11 is 2.09. The zero-order chi connectivity index (χ0) is 20.8. The average molecular weight is 506 g/mol. The molecule has 0 radical (unpaired) electrons. The molecule has 0 aliphatic carbocycles. The minimum absolute atomic E-state index is 0.0606. The van der Waals surface area contributed by atoms with Crippen LogP contribution < -0.4 is 9.47 Å². The zero-order valence-electron chi connectivity index (χ0n) is 16.0. The van der Waals surface area contributed by atoms with E-state index in [1.165, 1.54) is 13.2 Å². The van der Waals surface area contributed by atoms with Gasteiger partial charge in [-0.1, -0.05) is 18.2 Å². The predicted molar refractivity (Wildman–Crippen MR) is 116 cm³/mol. The molecule has 0 atom stereocenters. The standard InChI is InChI=1S/C22H20FIN2O3/c1-28-20-12-15(10-17(13-25)22(27)26-8-4-5-9-26)11-19(24)21(20)29-14-16-6-2-3-7-18(16)23/h2-3,6-7,10-12H,4-5,8-9,14H2,1H3/b17-10+. The van der Waals surface area contributed by atoms with E-state index >= 15 is 0 Å². The molecule has 5 nitrogen and oxygen atoms in total. The van der Waals surface area contributed by atoms with Crippen LogP contribution in [-0.2, 0) is 11.4 Å². The van der Waals surface area contributed by atoms with Crippen LogP contribution in [0.3, 0.4) is 0 Å². The number of methoxy groups -OCH3 is 1. The minimum atomic E-state index is -0.333. The summed E-state index contributed by atoms with van der Waals surface area (Å²) in [7, 11) is 1.51. The maximum absolute atomic E-state index is 13.8. The van der Waals surface area contributed by atoms with E-state index in [0.717, 1.165) is 16.4 Å². The van der Waals surface area contributed by atoms with Crippen LogP contribution in [0.1, 0.15) is 24.0 Å². The van der Waals surface area contributed by atoms with Gasteiger partial charge in [0.05, 0.1) is 10.7 Å². The van der Waals surface area contributed by atoms with Gasteiger partial charge < -0.3 is 14.4 Å². The fraction of sp³-hybridized carbons (Fsp3) is 0.273. The third-order valence-corrected chi connectivity index (χ3v) is 5.44. The summed E-state index contributed by atoms with van der Waals surface area (Å²) in [5.41, 5.74) is 1.19. The molecule has 1 amide bonds. The summed E-state index contributed by atoms with van der Waals surface area (Å²) in [5, 5.41) is 9.45. The highest BCUT2D eigenvalue weighted by Gasteiger charge is 2.22. The molecule has 0 spiro atoms. The number of hydrogen-bond donors (Lipinski definition) is 0. The van der Waals surface area contributed by atoms with Crippen molar-refractivity contribution in [1.82, 2.24) is 4.90 Å². The molecule has 1 fully saturated rings. The number of carbonyl (C=O) groups is 1. The van der Waals surface area contributed by atoms with Crippen LogP contribution in [0, 0.1) is 20.7 Å². The van der Waals surface area contributed by atoms with Crippen molar-refractivity contribution in [1.29, 1.82) is 5.26 Å². The smallest absolute Gasteiger partial charge is 0.264 e. The van der Waals surface area contributed by atoms with Crippen LogP contribution >= 0.6 is 22.6 Å². The molecule has 0 bridgehead atoms. The molecule has 1 aliphatic heterocycles. The minimum Gasteiger partial charge on any atom is -0.493 e.